The fraction of sp³-hybridized carbons (Fsp3) is 0.167. The molecule has 1 atom stereocenters. The van der Waals surface area contributed by atoms with Crippen LogP contribution in [0.3, 0.4) is 0 Å². The highest BCUT2D eigenvalue weighted by molar-refractivity contribution is 5.36. The zero-order valence-corrected chi connectivity index (χ0v) is 9.67. The van der Waals surface area contributed by atoms with E-state index >= 15 is 0 Å². The number of halogens is 1. The van der Waals surface area contributed by atoms with E-state index in [9.17, 15) is 9.50 Å². The average Bonchev–Trinajstić information content (AvgIpc) is 2.32. The zero-order chi connectivity index (χ0) is 13.1. The molecule has 0 aliphatic heterocycles. The first-order chi connectivity index (χ1) is 8.58. The van der Waals surface area contributed by atoms with E-state index in [2.05, 4.69) is 9.97 Å². The lowest BCUT2D eigenvalue weighted by Crippen LogP contribution is -2.07. The zero-order valence-electron chi connectivity index (χ0n) is 9.67. The van der Waals surface area contributed by atoms with Crippen LogP contribution in [-0.2, 0) is 0 Å². The molecular formula is C12H12FN3O2. The van der Waals surface area contributed by atoms with E-state index < -0.39 is 11.9 Å². The molecule has 0 spiro atoms. The van der Waals surface area contributed by atoms with Gasteiger partial charge in [-0.3, -0.25) is 4.98 Å². The van der Waals surface area contributed by atoms with Gasteiger partial charge in [-0.05, 0) is 19.1 Å². The van der Waals surface area contributed by atoms with Gasteiger partial charge in [0.05, 0.1) is 11.9 Å². The summed E-state index contributed by atoms with van der Waals surface area (Å²) in [7, 11) is 0. The highest BCUT2D eigenvalue weighted by Crippen LogP contribution is 2.28. The van der Waals surface area contributed by atoms with Gasteiger partial charge in [0, 0.05) is 18.3 Å². The van der Waals surface area contributed by atoms with E-state index in [0.717, 1.165) is 0 Å². The summed E-state index contributed by atoms with van der Waals surface area (Å²) in [5.74, 6) is -0.672. The molecule has 1 unspecified atom stereocenters. The van der Waals surface area contributed by atoms with Crippen molar-refractivity contribution in [3.63, 3.8) is 0 Å². The van der Waals surface area contributed by atoms with Crippen molar-refractivity contribution in [1.29, 1.82) is 0 Å². The van der Waals surface area contributed by atoms with Gasteiger partial charge in [-0.25, -0.2) is 9.37 Å². The van der Waals surface area contributed by atoms with Gasteiger partial charge in [0.15, 0.2) is 11.6 Å². The van der Waals surface area contributed by atoms with Gasteiger partial charge < -0.3 is 15.6 Å². The van der Waals surface area contributed by atoms with Gasteiger partial charge in [-0.1, -0.05) is 0 Å². The van der Waals surface area contributed by atoms with Gasteiger partial charge >= 0.3 is 0 Å². The number of ether oxygens (including phenoxy) is 1. The second kappa shape index (κ2) is 4.97. The number of aromatic hydroxyl groups is 1. The van der Waals surface area contributed by atoms with Crippen LogP contribution >= 0.6 is 0 Å². The Balaban J connectivity index is 2.26. The van der Waals surface area contributed by atoms with Gasteiger partial charge in [0.1, 0.15) is 5.75 Å². The van der Waals surface area contributed by atoms with Crippen LogP contribution in [0.5, 0.6) is 17.4 Å². The third-order valence-electron chi connectivity index (χ3n) is 2.24. The van der Waals surface area contributed by atoms with E-state index in [0.29, 0.717) is 5.69 Å². The molecule has 18 heavy (non-hydrogen) atoms. The van der Waals surface area contributed by atoms with Crippen molar-refractivity contribution in [2.45, 2.75) is 13.0 Å². The molecule has 2 heterocycles. The van der Waals surface area contributed by atoms with Crippen molar-refractivity contribution in [2.24, 2.45) is 5.73 Å². The Bertz CT molecular complexity index is 561. The highest BCUT2D eigenvalue weighted by Gasteiger charge is 2.11. The van der Waals surface area contributed by atoms with Crippen molar-refractivity contribution in [3.05, 3.63) is 42.1 Å². The normalized spacial score (nSPS) is 12.2. The van der Waals surface area contributed by atoms with Crippen molar-refractivity contribution in [2.75, 3.05) is 0 Å². The molecule has 0 fully saturated rings. The summed E-state index contributed by atoms with van der Waals surface area (Å²) in [6.45, 7) is 1.70. The minimum absolute atomic E-state index is 0.0983. The first-order valence-corrected chi connectivity index (χ1v) is 5.31. The number of nitrogens with two attached hydrogens (primary N) is 1. The van der Waals surface area contributed by atoms with Crippen LogP contribution in [-0.4, -0.2) is 15.1 Å². The molecule has 0 aromatic carbocycles. The van der Waals surface area contributed by atoms with Crippen LogP contribution in [0.4, 0.5) is 4.39 Å². The number of pyridine rings is 2. The predicted octanol–water partition coefficient (Wildman–Crippen LogP) is 2.13. The molecule has 0 saturated heterocycles. The van der Waals surface area contributed by atoms with Gasteiger partial charge in [0.2, 0.25) is 0 Å². The Morgan fingerprint density at radius 2 is 2.22 bits per heavy atom. The third kappa shape index (κ3) is 2.54. The third-order valence-corrected chi connectivity index (χ3v) is 2.24. The molecule has 0 saturated carbocycles. The van der Waals surface area contributed by atoms with Crippen LogP contribution < -0.4 is 10.5 Å². The van der Waals surface area contributed by atoms with Crippen molar-refractivity contribution in [1.82, 2.24) is 9.97 Å². The van der Waals surface area contributed by atoms with Crippen molar-refractivity contribution in [3.8, 4) is 17.4 Å². The van der Waals surface area contributed by atoms with Gasteiger partial charge in [0.25, 0.3) is 5.88 Å². The van der Waals surface area contributed by atoms with E-state index in [1.54, 1.807) is 6.92 Å². The van der Waals surface area contributed by atoms with Crippen molar-refractivity contribution < 1.29 is 14.2 Å². The first-order valence-electron chi connectivity index (χ1n) is 5.31. The standard InChI is InChI=1S/C12H12FN3O2/c1-7(14)11-10(17)5-8(6-16-11)18-12-9(13)3-2-4-15-12/h2-7,17H,14H2,1H3. The fourth-order valence-corrected chi connectivity index (χ4v) is 1.41. The first kappa shape index (κ1) is 12.3. The highest BCUT2D eigenvalue weighted by atomic mass is 19.1. The Kier molecular flexibility index (Phi) is 3.38. The topological polar surface area (TPSA) is 81.3 Å². The lowest BCUT2D eigenvalue weighted by atomic mass is 10.2. The molecule has 0 aliphatic rings. The van der Waals surface area contributed by atoms with Crippen LogP contribution in [0.1, 0.15) is 18.7 Å². The van der Waals surface area contributed by atoms with Gasteiger partial charge in [-0.15, -0.1) is 0 Å². The summed E-state index contributed by atoms with van der Waals surface area (Å²) < 4.78 is 18.5. The minimum atomic E-state index is -0.590. The summed E-state index contributed by atoms with van der Waals surface area (Å²) in [6, 6.07) is 3.61. The maximum atomic E-state index is 13.3. The molecule has 0 amide bonds. The summed E-state index contributed by atoms with van der Waals surface area (Å²) in [6.07, 6.45) is 2.76. The molecule has 6 heteroatoms. The molecule has 2 aromatic rings. The van der Waals surface area contributed by atoms with Crippen LogP contribution in [0.15, 0.2) is 30.6 Å². The largest absolute Gasteiger partial charge is 0.506 e. The summed E-state index contributed by atoms with van der Waals surface area (Å²) in [4.78, 5) is 7.68. The molecule has 94 valence electrons. The number of hydrogen-bond acceptors (Lipinski definition) is 5. The second-order valence-electron chi connectivity index (χ2n) is 3.76. The van der Waals surface area contributed by atoms with E-state index in [-0.39, 0.29) is 17.4 Å². The number of rotatable bonds is 3. The summed E-state index contributed by atoms with van der Waals surface area (Å²) >= 11 is 0. The van der Waals surface area contributed by atoms with Crippen LogP contribution in [0.25, 0.3) is 0 Å². The van der Waals surface area contributed by atoms with E-state index in [1.165, 1.54) is 30.6 Å². The van der Waals surface area contributed by atoms with Crippen LogP contribution in [0.2, 0.25) is 0 Å². The molecule has 5 nitrogen and oxygen atoms in total. The Morgan fingerprint density at radius 3 is 2.83 bits per heavy atom. The predicted molar refractivity (Wildman–Crippen MR) is 62.8 cm³/mol. The Hall–Kier alpha value is -2.21. The number of aromatic nitrogens is 2. The number of hydrogen-bond donors (Lipinski definition) is 2. The Morgan fingerprint density at radius 1 is 1.44 bits per heavy atom. The van der Waals surface area contributed by atoms with E-state index in [4.69, 9.17) is 10.5 Å². The smallest absolute Gasteiger partial charge is 0.255 e. The fourth-order valence-electron chi connectivity index (χ4n) is 1.41. The SMILES string of the molecule is CC(N)c1ncc(Oc2ncccc2F)cc1O. The molecule has 0 radical (unpaired) electrons. The molecule has 3 N–H and O–H groups in total. The second-order valence-corrected chi connectivity index (χ2v) is 3.76. The molecular weight excluding hydrogens is 237 g/mol. The van der Waals surface area contributed by atoms with Crippen LogP contribution in [0, 0.1) is 5.82 Å². The molecule has 2 rings (SSSR count). The Labute approximate surface area is 103 Å². The monoisotopic (exact) mass is 249 g/mol. The lowest BCUT2D eigenvalue weighted by Gasteiger charge is -2.09. The minimum Gasteiger partial charge on any atom is -0.506 e. The maximum absolute atomic E-state index is 13.3. The quantitative estimate of drug-likeness (QED) is 0.870. The lowest BCUT2D eigenvalue weighted by molar-refractivity contribution is 0.410. The average molecular weight is 249 g/mol. The van der Waals surface area contributed by atoms with Crippen molar-refractivity contribution >= 4 is 0 Å². The summed E-state index contributed by atoms with van der Waals surface area (Å²) in [5.41, 5.74) is 5.96. The molecule has 2 aromatic heterocycles. The van der Waals surface area contributed by atoms with Gasteiger partial charge in [-0.2, -0.15) is 0 Å². The summed E-state index contributed by atoms with van der Waals surface area (Å²) in [5, 5.41) is 9.67. The maximum Gasteiger partial charge on any atom is 0.255 e. The number of nitrogens with zero attached hydrogens (tertiary/aromatic N) is 2. The molecule has 0 bridgehead atoms. The van der Waals surface area contributed by atoms with E-state index in [1.807, 2.05) is 0 Å². The molecule has 0 aliphatic carbocycles.